The van der Waals surface area contributed by atoms with Gasteiger partial charge in [0.2, 0.25) is 5.91 Å². The lowest BCUT2D eigenvalue weighted by Gasteiger charge is -2.31. The van der Waals surface area contributed by atoms with Gasteiger partial charge in [0.25, 0.3) is 5.56 Å². The molecule has 0 saturated heterocycles. The number of alkyl carbamates (subject to hydrolysis) is 1. The number of hydrogen-bond donors (Lipinski definition) is 4. The van der Waals surface area contributed by atoms with Crippen molar-refractivity contribution in [1.29, 1.82) is 0 Å². The van der Waals surface area contributed by atoms with Gasteiger partial charge >= 0.3 is 25.8 Å². The first kappa shape index (κ1) is 46.2. The number of rotatable bonds is 16. The minimum atomic E-state index is -4.30. The molecular weight excluding hydrogens is 797 g/mol. The standard InChI is InChI=1S/C42H58N5O12P/c1-11-27-28-20-26(16-17-32(28)45-34-29(27)22-47-33(34)21-31-30(36(47)49)23-55-38(51)42(31,53)12-2)59-60(54,56-19-15-13-14-18-43-39(52)58-41(8,9)10)46-24(3)35(48)44-25(4)37(50)57-40(5,6)7/h16-17,20-21,24-25,53H,11-15,18-19,22-23H2,1-10H3,(H,43,52)(H,44,48)(H,46,54)/t24?,25?,42-,60?/m0/s1. The number of aromatic nitrogens is 2. The Hall–Kier alpha value is -4.83. The summed E-state index contributed by atoms with van der Waals surface area (Å²) in [6.07, 6.45) is 1.65. The zero-order valence-electron chi connectivity index (χ0n) is 36.1. The maximum absolute atomic E-state index is 14.5. The molecule has 4 atom stereocenters. The van der Waals surface area contributed by atoms with Crippen molar-refractivity contribution < 1.29 is 52.1 Å². The summed E-state index contributed by atoms with van der Waals surface area (Å²) in [4.78, 5) is 69.2. The largest absolute Gasteiger partial charge is 0.459 e. The predicted molar refractivity (Wildman–Crippen MR) is 222 cm³/mol. The molecule has 0 bridgehead atoms. The van der Waals surface area contributed by atoms with E-state index >= 15 is 0 Å². The van der Waals surface area contributed by atoms with E-state index in [2.05, 4.69) is 15.7 Å². The van der Waals surface area contributed by atoms with Crippen LogP contribution in [0.2, 0.25) is 0 Å². The first-order valence-corrected chi connectivity index (χ1v) is 21.9. The van der Waals surface area contributed by atoms with Crippen LogP contribution in [0.5, 0.6) is 5.75 Å². The van der Waals surface area contributed by atoms with E-state index in [0.29, 0.717) is 54.5 Å². The Labute approximate surface area is 349 Å². The lowest BCUT2D eigenvalue weighted by molar-refractivity contribution is -0.172. The highest BCUT2D eigenvalue weighted by molar-refractivity contribution is 7.52. The quantitative estimate of drug-likeness (QED) is 0.0462. The predicted octanol–water partition coefficient (Wildman–Crippen LogP) is 5.67. The third kappa shape index (κ3) is 10.5. The summed E-state index contributed by atoms with van der Waals surface area (Å²) in [7, 11) is -4.30. The number of cyclic esters (lactones) is 1. The van der Waals surface area contributed by atoms with E-state index in [4.69, 9.17) is 28.2 Å². The van der Waals surface area contributed by atoms with Crippen molar-refractivity contribution in [2.75, 3.05) is 13.2 Å². The first-order valence-electron chi connectivity index (χ1n) is 20.3. The van der Waals surface area contributed by atoms with Crippen LogP contribution in [0.4, 0.5) is 4.79 Å². The maximum atomic E-state index is 14.5. The average molecular weight is 856 g/mol. The van der Waals surface area contributed by atoms with Gasteiger partial charge in [-0.1, -0.05) is 13.8 Å². The van der Waals surface area contributed by atoms with Crippen LogP contribution in [-0.4, -0.2) is 75.0 Å². The second-order valence-electron chi connectivity index (χ2n) is 17.1. The average Bonchev–Trinajstić information content (AvgIpc) is 3.52. The summed E-state index contributed by atoms with van der Waals surface area (Å²) >= 11 is 0. The Balaban J connectivity index is 1.38. The van der Waals surface area contributed by atoms with Crippen molar-refractivity contribution in [3.8, 4) is 17.1 Å². The number of ether oxygens (including phenoxy) is 3. The van der Waals surface area contributed by atoms with Gasteiger partial charge in [-0.15, -0.1) is 0 Å². The molecule has 17 nitrogen and oxygen atoms in total. The Morgan fingerprint density at radius 3 is 2.33 bits per heavy atom. The van der Waals surface area contributed by atoms with Gasteiger partial charge < -0.3 is 39.0 Å². The van der Waals surface area contributed by atoms with Crippen LogP contribution >= 0.6 is 7.75 Å². The molecular formula is C42H58N5O12P. The maximum Gasteiger partial charge on any atom is 0.459 e. The number of carbonyl (C=O) groups is 4. The van der Waals surface area contributed by atoms with E-state index in [-0.39, 0.29) is 48.6 Å². The van der Waals surface area contributed by atoms with Gasteiger partial charge in [0.15, 0.2) is 5.60 Å². The molecule has 328 valence electrons. The molecule has 2 aliphatic rings. The smallest absolute Gasteiger partial charge is 0.458 e. The summed E-state index contributed by atoms with van der Waals surface area (Å²) in [5.41, 5.74) is -0.0890. The van der Waals surface area contributed by atoms with Crippen molar-refractivity contribution in [3.63, 3.8) is 0 Å². The number of aliphatic hydroxyl groups is 1. The molecule has 3 aromatic rings. The minimum Gasteiger partial charge on any atom is -0.458 e. The molecule has 0 aliphatic carbocycles. The van der Waals surface area contributed by atoms with Crippen molar-refractivity contribution in [2.45, 2.75) is 143 Å². The molecule has 1 aromatic carbocycles. The van der Waals surface area contributed by atoms with E-state index in [1.54, 1.807) is 77.3 Å². The first-order chi connectivity index (χ1) is 28.0. The molecule has 0 spiro atoms. The molecule has 18 heteroatoms. The molecule has 0 radical (unpaired) electrons. The fourth-order valence-corrected chi connectivity index (χ4v) is 8.54. The minimum absolute atomic E-state index is 0.0210. The molecule has 5 rings (SSSR count). The van der Waals surface area contributed by atoms with Gasteiger partial charge in [0, 0.05) is 23.1 Å². The molecule has 2 aromatic heterocycles. The number of aryl methyl sites for hydroxylation is 1. The highest BCUT2D eigenvalue weighted by Gasteiger charge is 2.45. The van der Waals surface area contributed by atoms with Crippen LogP contribution < -0.4 is 25.8 Å². The Bertz CT molecular complexity index is 2260. The lowest BCUT2D eigenvalue weighted by atomic mass is 9.86. The van der Waals surface area contributed by atoms with E-state index in [9.17, 15) is 33.6 Å². The molecule has 3 unspecified atom stereocenters. The van der Waals surface area contributed by atoms with Crippen LogP contribution in [0.15, 0.2) is 29.1 Å². The molecule has 0 saturated carbocycles. The number of hydrogen-bond acceptors (Lipinski definition) is 13. The third-order valence-corrected chi connectivity index (χ3v) is 11.6. The summed E-state index contributed by atoms with van der Waals surface area (Å²) in [6, 6.07) is 4.44. The highest BCUT2D eigenvalue weighted by atomic mass is 31.2. The van der Waals surface area contributed by atoms with Gasteiger partial charge in [-0.05, 0) is 117 Å². The number of esters is 2. The number of fused-ring (bicyclic) bond motifs is 5. The summed E-state index contributed by atoms with van der Waals surface area (Å²) in [5, 5.41) is 19.9. The van der Waals surface area contributed by atoms with Gasteiger partial charge in [-0.2, -0.15) is 5.09 Å². The topological polar surface area (TPSA) is 223 Å². The van der Waals surface area contributed by atoms with Crippen LogP contribution in [0.3, 0.4) is 0 Å². The number of unbranched alkanes of at least 4 members (excludes halogenated alkanes) is 2. The number of nitrogens with zero attached hydrogens (tertiary/aromatic N) is 2. The monoisotopic (exact) mass is 855 g/mol. The van der Waals surface area contributed by atoms with Gasteiger partial charge in [-0.3, -0.25) is 14.1 Å². The zero-order valence-corrected chi connectivity index (χ0v) is 37.0. The van der Waals surface area contributed by atoms with Gasteiger partial charge in [-0.25, -0.2) is 23.9 Å². The summed E-state index contributed by atoms with van der Waals surface area (Å²) in [5.74, 6) is -1.94. The van der Waals surface area contributed by atoms with Crippen molar-refractivity contribution >= 4 is 42.6 Å². The number of nitrogens with one attached hydrogen (secondary N) is 3. The molecule has 0 fully saturated rings. The number of amides is 2. The Kier molecular flexibility index (Phi) is 13.9. The second-order valence-corrected chi connectivity index (χ2v) is 18.8. The zero-order chi connectivity index (χ0) is 44.4. The highest BCUT2D eigenvalue weighted by Crippen LogP contribution is 2.47. The summed E-state index contributed by atoms with van der Waals surface area (Å²) < 4.78 is 43.9. The van der Waals surface area contributed by atoms with E-state index in [1.165, 1.54) is 13.8 Å². The van der Waals surface area contributed by atoms with E-state index < -0.39 is 60.6 Å². The van der Waals surface area contributed by atoms with Crippen LogP contribution in [-0.2, 0) is 62.9 Å². The van der Waals surface area contributed by atoms with Gasteiger partial charge in [0.05, 0.1) is 41.7 Å². The van der Waals surface area contributed by atoms with Crippen LogP contribution in [0.25, 0.3) is 22.3 Å². The number of benzene rings is 1. The van der Waals surface area contributed by atoms with Crippen molar-refractivity contribution in [1.82, 2.24) is 25.3 Å². The Morgan fingerprint density at radius 1 is 0.983 bits per heavy atom. The second kappa shape index (κ2) is 18.0. The number of carbonyl (C=O) groups excluding carboxylic acids is 4. The third-order valence-electron chi connectivity index (χ3n) is 9.97. The van der Waals surface area contributed by atoms with Gasteiger partial charge in [0.1, 0.15) is 29.6 Å². The SMILES string of the molecule is CCc1c2c(nc3ccc(OP(=O)(NC(C)C(=O)NC(C)C(=O)OC(C)(C)C)OCCCCCNC(=O)OC(C)(C)C)cc13)-c1cc3c(c(=O)n1C2)COC(=O)[C@]3(O)CC. The fraction of sp³-hybridized carbons (Fsp3) is 0.571. The molecule has 2 amide bonds. The lowest BCUT2D eigenvalue weighted by Crippen LogP contribution is -2.48. The Morgan fingerprint density at radius 2 is 1.68 bits per heavy atom. The molecule has 2 aliphatic heterocycles. The van der Waals surface area contributed by atoms with E-state index in [0.717, 1.165) is 11.1 Å². The molecule has 60 heavy (non-hydrogen) atoms. The van der Waals surface area contributed by atoms with Crippen LogP contribution in [0.1, 0.15) is 117 Å². The molecule has 4 heterocycles. The number of pyridine rings is 2. The van der Waals surface area contributed by atoms with Crippen molar-refractivity contribution in [3.05, 3.63) is 56.9 Å². The summed E-state index contributed by atoms with van der Waals surface area (Å²) in [6.45, 7) is 17.3. The van der Waals surface area contributed by atoms with Crippen molar-refractivity contribution in [2.24, 2.45) is 0 Å². The van der Waals surface area contributed by atoms with Crippen LogP contribution in [0, 0.1) is 0 Å². The molecule has 4 N–H and O–H groups in total. The normalized spacial score (nSPS) is 17.9. The fourth-order valence-electron chi connectivity index (χ4n) is 7.01. The van der Waals surface area contributed by atoms with E-state index in [1.807, 2.05) is 6.92 Å².